The van der Waals surface area contributed by atoms with Gasteiger partial charge in [-0.25, -0.2) is 0 Å². The Morgan fingerprint density at radius 2 is 1.56 bits per heavy atom. The molecule has 0 saturated heterocycles. The van der Waals surface area contributed by atoms with Crippen molar-refractivity contribution in [3.8, 4) is 11.1 Å². The van der Waals surface area contributed by atoms with Gasteiger partial charge in [0.2, 0.25) is 0 Å². The highest BCUT2D eigenvalue weighted by atomic mass is 79.9. The van der Waals surface area contributed by atoms with Gasteiger partial charge in [0.1, 0.15) is 0 Å². The summed E-state index contributed by atoms with van der Waals surface area (Å²) in [6, 6.07) is 15.3. The minimum absolute atomic E-state index is 0.473. The Morgan fingerprint density at radius 3 is 2.19 bits per heavy atom. The van der Waals surface area contributed by atoms with Crippen molar-refractivity contribution in [1.29, 1.82) is 0 Å². The zero-order valence-corrected chi connectivity index (χ0v) is 10.1. The van der Waals surface area contributed by atoms with E-state index in [0.29, 0.717) is 9.94 Å². The molecule has 0 aliphatic rings. The van der Waals surface area contributed by atoms with E-state index in [1.54, 1.807) is 6.07 Å². The van der Waals surface area contributed by atoms with Crippen LogP contribution in [0, 0.1) is 0 Å². The first kappa shape index (κ1) is 11.4. The van der Waals surface area contributed by atoms with Crippen LogP contribution in [0.5, 0.6) is 0 Å². The third kappa shape index (κ3) is 2.35. The van der Waals surface area contributed by atoms with Gasteiger partial charge in [0.25, 0.3) is 0 Å². The molecule has 4 heteroatoms. The van der Waals surface area contributed by atoms with Gasteiger partial charge in [-0.3, -0.25) is 0 Å². The average molecular weight is 277 g/mol. The van der Waals surface area contributed by atoms with Gasteiger partial charge in [-0.05, 0) is 22.7 Å². The highest BCUT2D eigenvalue weighted by molar-refractivity contribution is 9.10. The summed E-state index contributed by atoms with van der Waals surface area (Å²) in [5, 5.41) is 18.4. The van der Waals surface area contributed by atoms with E-state index in [4.69, 9.17) is 0 Å². The molecule has 0 aliphatic heterocycles. The molecule has 0 unspecified atom stereocenters. The smallest absolute Gasteiger partial charge is 0.423 e. The minimum Gasteiger partial charge on any atom is -0.423 e. The van der Waals surface area contributed by atoms with Crippen molar-refractivity contribution in [2.45, 2.75) is 0 Å². The second kappa shape index (κ2) is 4.83. The van der Waals surface area contributed by atoms with Crippen molar-refractivity contribution < 1.29 is 10.0 Å². The first-order valence-electron chi connectivity index (χ1n) is 4.89. The normalized spacial score (nSPS) is 10.2. The van der Waals surface area contributed by atoms with Gasteiger partial charge in [-0.15, -0.1) is 0 Å². The molecule has 2 nitrogen and oxygen atoms in total. The van der Waals surface area contributed by atoms with Gasteiger partial charge < -0.3 is 10.0 Å². The Labute approximate surface area is 103 Å². The van der Waals surface area contributed by atoms with Crippen molar-refractivity contribution in [3.63, 3.8) is 0 Å². The van der Waals surface area contributed by atoms with Crippen LogP contribution in [0.4, 0.5) is 0 Å². The Bertz CT molecular complexity index is 486. The molecule has 0 bridgehead atoms. The maximum atomic E-state index is 9.20. The molecular formula is C12H10BBrO2. The Morgan fingerprint density at radius 1 is 0.875 bits per heavy atom. The minimum atomic E-state index is -1.46. The maximum absolute atomic E-state index is 9.20. The molecule has 2 N–H and O–H groups in total. The summed E-state index contributed by atoms with van der Waals surface area (Å²) < 4.78 is 0.696. The molecule has 0 aliphatic carbocycles. The average Bonchev–Trinajstić information content (AvgIpc) is 2.30. The number of hydrogen-bond acceptors (Lipinski definition) is 2. The van der Waals surface area contributed by atoms with Crippen LogP contribution in [-0.4, -0.2) is 17.2 Å². The topological polar surface area (TPSA) is 40.5 Å². The molecule has 2 aromatic carbocycles. The second-order valence-electron chi connectivity index (χ2n) is 3.48. The predicted octanol–water partition coefficient (Wildman–Crippen LogP) is 1.80. The van der Waals surface area contributed by atoms with Gasteiger partial charge in [-0.2, -0.15) is 0 Å². The second-order valence-corrected chi connectivity index (χ2v) is 4.33. The molecular weight excluding hydrogens is 267 g/mol. The zero-order chi connectivity index (χ0) is 11.5. The lowest BCUT2D eigenvalue weighted by Gasteiger charge is -2.07. The SMILES string of the molecule is OB(O)c1cc(-c2ccccc2)ccc1Br. The van der Waals surface area contributed by atoms with Crippen molar-refractivity contribution in [2.75, 3.05) is 0 Å². The van der Waals surface area contributed by atoms with Crippen LogP contribution in [0.15, 0.2) is 53.0 Å². The highest BCUT2D eigenvalue weighted by Gasteiger charge is 2.15. The van der Waals surface area contributed by atoms with Gasteiger partial charge >= 0.3 is 7.12 Å². The van der Waals surface area contributed by atoms with E-state index in [-0.39, 0.29) is 0 Å². The first-order valence-corrected chi connectivity index (χ1v) is 5.69. The maximum Gasteiger partial charge on any atom is 0.489 e. The Hall–Kier alpha value is -1.10. The van der Waals surface area contributed by atoms with Crippen LogP contribution in [0.1, 0.15) is 0 Å². The molecule has 0 amide bonds. The van der Waals surface area contributed by atoms with Crippen LogP contribution in [0.2, 0.25) is 0 Å². The molecule has 0 aromatic heterocycles. The predicted molar refractivity (Wildman–Crippen MR) is 69.4 cm³/mol. The summed E-state index contributed by atoms with van der Waals surface area (Å²) in [5.41, 5.74) is 2.49. The highest BCUT2D eigenvalue weighted by Crippen LogP contribution is 2.20. The van der Waals surface area contributed by atoms with Gasteiger partial charge in [0.05, 0.1) is 0 Å². The van der Waals surface area contributed by atoms with E-state index in [0.717, 1.165) is 11.1 Å². The fraction of sp³-hybridized carbons (Fsp3) is 0. The lowest BCUT2D eigenvalue weighted by molar-refractivity contribution is 0.425. The molecule has 80 valence electrons. The standard InChI is InChI=1S/C12H10BBrO2/c14-12-7-6-10(8-11(12)13(15)16)9-4-2-1-3-5-9/h1-8,15-16H. The van der Waals surface area contributed by atoms with Crippen molar-refractivity contribution in [1.82, 2.24) is 0 Å². The molecule has 0 atom stereocenters. The summed E-state index contributed by atoms with van der Waals surface area (Å²) in [4.78, 5) is 0. The van der Waals surface area contributed by atoms with E-state index in [2.05, 4.69) is 15.9 Å². The van der Waals surface area contributed by atoms with Crippen molar-refractivity contribution in [3.05, 3.63) is 53.0 Å². The van der Waals surface area contributed by atoms with Crippen LogP contribution < -0.4 is 5.46 Å². The number of halogens is 1. The molecule has 0 heterocycles. The van der Waals surface area contributed by atoms with Crippen LogP contribution in [0.3, 0.4) is 0 Å². The fourth-order valence-corrected chi connectivity index (χ4v) is 2.00. The monoisotopic (exact) mass is 276 g/mol. The molecule has 0 saturated carbocycles. The van der Waals surface area contributed by atoms with Crippen molar-refractivity contribution in [2.24, 2.45) is 0 Å². The van der Waals surface area contributed by atoms with Crippen molar-refractivity contribution >= 4 is 28.5 Å². The fourth-order valence-electron chi connectivity index (χ4n) is 1.55. The summed E-state index contributed by atoms with van der Waals surface area (Å²) in [6.45, 7) is 0. The van der Waals surface area contributed by atoms with E-state index in [1.165, 1.54) is 0 Å². The molecule has 2 aromatic rings. The molecule has 0 fully saturated rings. The zero-order valence-electron chi connectivity index (χ0n) is 8.47. The third-order valence-corrected chi connectivity index (χ3v) is 3.10. The van der Waals surface area contributed by atoms with Crippen LogP contribution >= 0.6 is 15.9 Å². The first-order chi connectivity index (χ1) is 7.68. The summed E-state index contributed by atoms with van der Waals surface area (Å²) in [7, 11) is -1.46. The number of hydrogen-bond donors (Lipinski definition) is 2. The molecule has 0 radical (unpaired) electrons. The lowest BCUT2D eigenvalue weighted by atomic mass is 9.79. The van der Waals surface area contributed by atoms with E-state index in [1.807, 2.05) is 42.5 Å². The van der Waals surface area contributed by atoms with E-state index >= 15 is 0 Å². The van der Waals surface area contributed by atoms with Gasteiger partial charge in [-0.1, -0.05) is 58.4 Å². The van der Waals surface area contributed by atoms with E-state index < -0.39 is 7.12 Å². The van der Waals surface area contributed by atoms with Gasteiger partial charge in [0.15, 0.2) is 0 Å². The number of benzene rings is 2. The van der Waals surface area contributed by atoms with Crippen LogP contribution in [-0.2, 0) is 0 Å². The quantitative estimate of drug-likeness (QED) is 0.822. The summed E-state index contributed by atoms with van der Waals surface area (Å²) >= 11 is 3.28. The largest absolute Gasteiger partial charge is 0.489 e. The molecule has 0 spiro atoms. The van der Waals surface area contributed by atoms with Gasteiger partial charge in [0, 0.05) is 4.47 Å². The lowest BCUT2D eigenvalue weighted by Crippen LogP contribution is -2.31. The Kier molecular flexibility index (Phi) is 3.44. The summed E-state index contributed by atoms with van der Waals surface area (Å²) in [6.07, 6.45) is 0. The molecule has 2 rings (SSSR count). The Balaban J connectivity index is 2.48. The number of rotatable bonds is 2. The van der Waals surface area contributed by atoms with Crippen LogP contribution in [0.25, 0.3) is 11.1 Å². The third-order valence-electron chi connectivity index (χ3n) is 2.38. The summed E-state index contributed by atoms with van der Waals surface area (Å²) in [5.74, 6) is 0. The van der Waals surface area contributed by atoms with E-state index in [9.17, 15) is 10.0 Å². The molecule has 16 heavy (non-hydrogen) atoms.